The van der Waals surface area contributed by atoms with E-state index in [0.717, 1.165) is 12.0 Å². The van der Waals surface area contributed by atoms with Gasteiger partial charge in [-0.1, -0.05) is 43.3 Å². The number of rotatable bonds is 7. The molecule has 5 nitrogen and oxygen atoms in total. The molecule has 0 saturated heterocycles. The fraction of sp³-hybridized carbons (Fsp3) is 0.250. The maximum Gasteiger partial charge on any atom is 0.249 e. The number of benzene rings is 2. The van der Waals surface area contributed by atoms with E-state index in [1.807, 2.05) is 26.0 Å². The third-order valence-corrected chi connectivity index (χ3v) is 3.74. The van der Waals surface area contributed by atoms with Crippen LogP contribution in [0.1, 0.15) is 29.8 Å². The highest BCUT2D eigenvalue weighted by molar-refractivity contribution is 6.15. The second-order valence-electron chi connectivity index (χ2n) is 5.40. The Morgan fingerprint density at radius 1 is 1.12 bits per heavy atom. The van der Waals surface area contributed by atoms with Gasteiger partial charge in [0.1, 0.15) is 5.75 Å². The van der Waals surface area contributed by atoms with Crippen LogP contribution in [0, 0.1) is 17.2 Å². The van der Waals surface area contributed by atoms with Gasteiger partial charge in [0.15, 0.2) is 11.7 Å². The van der Waals surface area contributed by atoms with Gasteiger partial charge in [-0.3, -0.25) is 9.59 Å². The van der Waals surface area contributed by atoms with Crippen molar-refractivity contribution in [3.8, 4) is 11.8 Å². The van der Waals surface area contributed by atoms with E-state index in [-0.39, 0.29) is 0 Å². The lowest BCUT2D eigenvalue weighted by Crippen LogP contribution is -2.28. The third kappa shape index (κ3) is 4.45. The van der Waals surface area contributed by atoms with Crippen LogP contribution in [0.25, 0.3) is 0 Å². The quantitative estimate of drug-likeness (QED) is 0.619. The number of nitrogens with zero attached hydrogens (tertiary/aromatic N) is 1. The molecule has 1 amide bonds. The Kier molecular flexibility index (Phi) is 6.30. The zero-order valence-corrected chi connectivity index (χ0v) is 14.3. The van der Waals surface area contributed by atoms with Crippen LogP contribution in [-0.4, -0.2) is 18.3 Å². The molecule has 2 aromatic carbocycles. The van der Waals surface area contributed by atoms with Gasteiger partial charge in [0.25, 0.3) is 0 Å². The number of Topliss-reactive ketones (excluding diaryl/α,β-unsaturated/α-hetero) is 1. The summed E-state index contributed by atoms with van der Waals surface area (Å²) < 4.78 is 5.44. The van der Waals surface area contributed by atoms with Crippen molar-refractivity contribution in [3.05, 3.63) is 59.7 Å². The summed E-state index contributed by atoms with van der Waals surface area (Å²) >= 11 is 0. The molecule has 2 aromatic rings. The van der Waals surface area contributed by atoms with Gasteiger partial charge < -0.3 is 10.1 Å². The summed E-state index contributed by atoms with van der Waals surface area (Å²) in [6, 6.07) is 15.6. The second-order valence-corrected chi connectivity index (χ2v) is 5.40. The Labute approximate surface area is 147 Å². The Morgan fingerprint density at radius 2 is 1.80 bits per heavy atom. The van der Waals surface area contributed by atoms with E-state index in [4.69, 9.17) is 4.74 Å². The van der Waals surface area contributed by atoms with E-state index >= 15 is 0 Å². The number of aryl methyl sites for hydroxylation is 1. The van der Waals surface area contributed by atoms with Gasteiger partial charge in [0, 0.05) is 5.56 Å². The van der Waals surface area contributed by atoms with Crippen LogP contribution in [0.5, 0.6) is 5.75 Å². The normalized spacial score (nSPS) is 11.2. The molecule has 0 aliphatic rings. The molecule has 25 heavy (non-hydrogen) atoms. The smallest absolute Gasteiger partial charge is 0.249 e. The first-order chi connectivity index (χ1) is 12.1. The molecule has 0 bridgehead atoms. The molecule has 0 aromatic heterocycles. The predicted octanol–water partition coefficient (Wildman–Crippen LogP) is 3.61. The van der Waals surface area contributed by atoms with Gasteiger partial charge in [0.2, 0.25) is 5.91 Å². The van der Waals surface area contributed by atoms with Gasteiger partial charge in [-0.2, -0.15) is 5.26 Å². The van der Waals surface area contributed by atoms with E-state index in [1.165, 1.54) is 0 Å². The van der Waals surface area contributed by atoms with Gasteiger partial charge in [-0.15, -0.1) is 0 Å². The molecule has 5 heteroatoms. The molecule has 2 rings (SSSR count). The second kappa shape index (κ2) is 8.65. The number of anilines is 1. The number of para-hydroxylation sites is 2. The van der Waals surface area contributed by atoms with Crippen molar-refractivity contribution in [2.45, 2.75) is 20.3 Å². The molecule has 128 valence electrons. The fourth-order valence-electron chi connectivity index (χ4n) is 2.36. The Balaban J connectivity index is 2.18. The van der Waals surface area contributed by atoms with Crippen LogP contribution in [0.4, 0.5) is 5.69 Å². The van der Waals surface area contributed by atoms with E-state index in [9.17, 15) is 14.9 Å². The number of carbonyl (C=O) groups excluding carboxylic acids is 2. The summed E-state index contributed by atoms with van der Waals surface area (Å²) in [5, 5.41) is 11.9. The average molecular weight is 336 g/mol. The van der Waals surface area contributed by atoms with Crippen LogP contribution in [-0.2, 0) is 11.2 Å². The number of ketones is 1. The van der Waals surface area contributed by atoms with Gasteiger partial charge in [-0.25, -0.2) is 0 Å². The maximum atomic E-state index is 12.5. The molecule has 0 heterocycles. The molecule has 0 radical (unpaired) electrons. The van der Waals surface area contributed by atoms with E-state index in [2.05, 4.69) is 5.32 Å². The van der Waals surface area contributed by atoms with Crippen molar-refractivity contribution in [1.82, 2.24) is 0 Å². The van der Waals surface area contributed by atoms with Crippen molar-refractivity contribution in [2.24, 2.45) is 5.92 Å². The first-order valence-electron chi connectivity index (χ1n) is 8.16. The van der Waals surface area contributed by atoms with Gasteiger partial charge >= 0.3 is 0 Å². The summed E-state index contributed by atoms with van der Waals surface area (Å²) in [6.07, 6.45) is 0.852. The summed E-state index contributed by atoms with van der Waals surface area (Å²) in [4.78, 5) is 24.9. The van der Waals surface area contributed by atoms with Crippen LogP contribution in [0.3, 0.4) is 0 Å². The van der Waals surface area contributed by atoms with E-state index < -0.39 is 17.6 Å². The van der Waals surface area contributed by atoms with E-state index in [1.54, 1.807) is 42.5 Å². The molecule has 0 unspecified atom stereocenters. The van der Waals surface area contributed by atoms with Crippen LogP contribution >= 0.6 is 0 Å². The summed E-state index contributed by atoms with van der Waals surface area (Å²) in [6.45, 7) is 4.29. The summed E-state index contributed by atoms with van der Waals surface area (Å²) in [5.74, 6) is -2.10. The van der Waals surface area contributed by atoms with Crippen molar-refractivity contribution >= 4 is 17.4 Å². The zero-order valence-electron chi connectivity index (χ0n) is 14.3. The van der Waals surface area contributed by atoms with Gasteiger partial charge in [-0.05, 0) is 31.0 Å². The largest absolute Gasteiger partial charge is 0.492 e. The lowest BCUT2D eigenvalue weighted by molar-refractivity contribution is -0.117. The average Bonchev–Trinajstić information content (AvgIpc) is 2.64. The molecule has 1 atom stereocenters. The fourth-order valence-corrected chi connectivity index (χ4v) is 2.36. The van der Waals surface area contributed by atoms with Crippen molar-refractivity contribution < 1.29 is 14.3 Å². The first kappa shape index (κ1) is 18.2. The SMILES string of the molecule is CCOc1ccccc1NC(=O)[C@H](C#N)C(=O)c1ccc(CC)cc1. The minimum atomic E-state index is -1.41. The topological polar surface area (TPSA) is 79.2 Å². The molecule has 1 N–H and O–H groups in total. The third-order valence-electron chi connectivity index (χ3n) is 3.74. The number of hydrogen-bond acceptors (Lipinski definition) is 4. The molecule has 0 fully saturated rings. The molecule has 0 spiro atoms. The Morgan fingerprint density at radius 3 is 2.40 bits per heavy atom. The number of nitrogens with one attached hydrogen (secondary N) is 1. The van der Waals surface area contributed by atoms with Crippen molar-refractivity contribution in [1.29, 1.82) is 5.26 Å². The standard InChI is InChI=1S/C20H20N2O3/c1-3-14-9-11-15(12-10-14)19(23)16(13-21)20(24)22-17-7-5-6-8-18(17)25-4-2/h5-12,16H,3-4H2,1-2H3,(H,22,24)/t16-/m1/s1. The van der Waals surface area contributed by atoms with Crippen molar-refractivity contribution in [2.75, 3.05) is 11.9 Å². The minimum Gasteiger partial charge on any atom is -0.492 e. The van der Waals surface area contributed by atoms with Gasteiger partial charge in [0.05, 0.1) is 18.4 Å². The molecular weight excluding hydrogens is 316 g/mol. The highest BCUT2D eigenvalue weighted by Gasteiger charge is 2.28. The highest BCUT2D eigenvalue weighted by atomic mass is 16.5. The molecular formula is C20H20N2O3. The summed E-state index contributed by atoms with van der Waals surface area (Å²) in [5.41, 5.74) is 1.86. The number of hydrogen-bond donors (Lipinski definition) is 1. The number of nitriles is 1. The van der Waals surface area contributed by atoms with E-state index in [0.29, 0.717) is 23.6 Å². The monoisotopic (exact) mass is 336 g/mol. The Hall–Kier alpha value is -3.13. The minimum absolute atomic E-state index is 0.344. The number of amides is 1. The highest BCUT2D eigenvalue weighted by Crippen LogP contribution is 2.24. The predicted molar refractivity (Wildman–Crippen MR) is 95.5 cm³/mol. The first-order valence-corrected chi connectivity index (χ1v) is 8.16. The summed E-state index contributed by atoms with van der Waals surface area (Å²) in [7, 11) is 0. The van der Waals surface area contributed by atoms with Crippen molar-refractivity contribution in [3.63, 3.8) is 0 Å². The Bertz CT molecular complexity index is 791. The maximum absolute atomic E-state index is 12.5. The number of ether oxygens (including phenoxy) is 1. The van der Waals surface area contributed by atoms with Crippen LogP contribution in [0.15, 0.2) is 48.5 Å². The molecule has 0 aliphatic heterocycles. The van der Waals surface area contributed by atoms with Crippen LogP contribution < -0.4 is 10.1 Å². The lowest BCUT2D eigenvalue weighted by Gasteiger charge is -2.13. The molecule has 0 aliphatic carbocycles. The zero-order chi connectivity index (χ0) is 18.2. The number of carbonyl (C=O) groups is 2. The van der Waals surface area contributed by atoms with Crippen LogP contribution in [0.2, 0.25) is 0 Å². The molecule has 0 saturated carbocycles. The lowest BCUT2D eigenvalue weighted by atomic mass is 9.96.